The number of carbonyl (C=O) groups excluding carboxylic acids is 1. The lowest BCUT2D eigenvalue weighted by atomic mass is 10.0. The zero-order chi connectivity index (χ0) is 24.5. The Kier molecular flexibility index (Phi) is 20.5. The lowest BCUT2D eigenvalue weighted by Gasteiger charge is -2.11. The molecule has 194 valence electrons. The predicted octanol–water partition coefficient (Wildman–Crippen LogP) is 10.0. The lowest BCUT2D eigenvalue weighted by molar-refractivity contribution is -0.116. The Balaban J connectivity index is 1.85. The Morgan fingerprint density at radius 2 is 1.18 bits per heavy atom. The van der Waals surface area contributed by atoms with Crippen LogP contribution in [0, 0.1) is 0 Å². The van der Waals surface area contributed by atoms with Crippen molar-refractivity contribution in [3.8, 4) is 5.75 Å². The summed E-state index contributed by atoms with van der Waals surface area (Å²) in [5, 5.41) is 2.98. The first-order valence-electron chi connectivity index (χ1n) is 14.4. The van der Waals surface area contributed by atoms with E-state index in [0.717, 1.165) is 18.5 Å². The summed E-state index contributed by atoms with van der Waals surface area (Å²) in [6.45, 7) is 6.39. The number of hydrogen-bond donors (Lipinski definition) is 1. The van der Waals surface area contributed by atoms with Crippen LogP contribution in [0.15, 0.2) is 36.9 Å². The molecule has 1 N–H and O–H groups in total. The fourth-order valence-electron chi connectivity index (χ4n) is 4.42. The quantitative estimate of drug-likeness (QED) is 0.120. The van der Waals surface area contributed by atoms with E-state index in [0.29, 0.717) is 18.8 Å². The van der Waals surface area contributed by atoms with Crippen molar-refractivity contribution in [3.63, 3.8) is 0 Å². The highest BCUT2D eigenvalue weighted by atomic mass is 16.5. The number of hydrogen-bond acceptors (Lipinski definition) is 2. The molecule has 0 aliphatic carbocycles. The van der Waals surface area contributed by atoms with Crippen LogP contribution >= 0.6 is 0 Å². The Morgan fingerprint density at radius 1 is 0.735 bits per heavy atom. The zero-order valence-corrected chi connectivity index (χ0v) is 22.3. The fourth-order valence-corrected chi connectivity index (χ4v) is 4.42. The summed E-state index contributed by atoms with van der Waals surface area (Å²) in [5.41, 5.74) is 0.743. The third-order valence-corrected chi connectivity index (χ3v) is 6.53. The molecule has 0 fully saturated rings. The zero-order valence-electron chi connectivity index (χ0n) is 22.3. The number of anilines is 1. The minimum absolute atomic E-state index is 0.0710. The van der Waals surface area contributed by atoms with Crippen molar-refractivity contribution in [2.24, 2.45) is 0 Å². The smallest absolute Gasteiger partial charge is 0.224 e. The lowest BCUT2D eigenvalue weighted by Crippen LogP contribution is -2.12. The Morgan fingerprint density at radius 3 is 1.65 bits per heavy atom. The van der Waals surface area contributed by atoms with Crippen LogP contribution in [0.1, 0.15) is 135 Å². The third-order valence-electron chi connectivity index (χ3n) is 6.53. The average molecular weight is 472 g/mol. The Labute approximate surface area is 211 Å². The molecular formula is C31H53NO2. The second-order valence-corrected chi connectivity index (χ2v) is 9.76. The maximum atomic E-state index is 12.2. The van der Waals surface area contributed by atoms with E-state index in [1.54, 1.807) is 6.08 Å². The summed E-state index contributed by atoms with van der Waals surface area (Å²) < 4.78 is 5.60. The summed E-state index contributed by atoms with van der Waals surface area (Å²) >= 11 is 0. The van der Waals surface area contributed by atoms with Crippen LogP contribution in [0.3, 0.4) is 0 Å². The van der Waals surface area contributed by atoms with Gasteiger partial charge in [-0.2, -0.15) is 0 Å². The maximum absolute atomic E-state index is 12.2. The fraction of sp³-hybridized carbons (Fsp3) is 0.710. The molecule has 0 aromatic heterocycles. The largest absolute Gasteiger partial charge is 0.487 e. The molecular weight excluding hydrogens is 418 g/mol. The SMILES string of the molecule is C=CCOc1ccccc1NC(=O)CCCCCCCCCCCCCCCCCCCCC. The number of carbonyl (C=O) groups is 1. The first-order valence-corrected chi connectivity index (χ1v) is 14.4. The van der Waals surface area contributed by atoms with Crippen LogP contribution in [-0.2, 0) is 4.79 Å². The Bertz CT molecular complexity index is 613. The monoisotopic (exact) mass is 471 g/mol. The number of rotatable bonds is 24. The molecule has 0 bridgehead atoms. The van der Waals surface area contributed by atoms with Gasteiger partial charge in [-0.05, 0) is 18.6 Å². The van der Waals surface area contributed by atoms with E-state index >= 15 is 0 Å². The van der Waals surface area contributed by atoms with Crippen LogP contribution in [0.4, 0.5) is 5.69 Å². The van der Waals surface area contributed by atoms with Gasteiger partial charge in [0.25, 0.3) is 0 Å². The summed E-state index contributed by atoms with van der Waals surface area (Å²) in [5.74, 6) is 0.769. The second kappa shape index (κ2) is 23.0. The molecule has 0 unspecified atom stereocenters. The molecule has 1 aromatic rings. The van der Waals surface area contributed by atoms with E-state index in [1.165, 1.54) is 109 Å². The molecule has 0 aliphatic heterocycles. The normalized spacial score (nSPS) is 10.9. The van der Waals surface area contributed by atoms with E-state index in [9.17, 15) is 4.79 Å². The van der Waals surface area contributed by atoms with Crippen LogP contribution in [-0.4, -0.2) is 12.5 Å². The molecule has 1 rings (SSSR count). The standard InChI is InChI=1S/C31H53NO2/c1-3-5-6-7-8-9-10-11-12-13-14-15-16-17-18-19-20-21-22-27-31(33)32-29-25-23-24-26-30(29)34-28-4-2/h4,23-26H,2-3,5-22,27-28H2,1H3,(H,32,33). The van der Waals surface area contributed by atoms with Crippen molar-refractivity contribution in [2.45, 2.75) is 135 Å². The molecule has 34 heavy (non-hydrogen) atoms. The van der Waals surface area contributed by atoms with Gasteiger partial charge in [0.15, 0.2) is 0 Å². The molecule has 0 radical (unpaired) electrons. The van der Waals surface area contributed by atoms with Gasteiger partial charge < -0.3 is 10.1 Å². The van der Waals surface area contributed by atoms with Gasteiger partial charge in [0.2, 0.25) is 5.91 Å². The highest BCUT2D eigenvalue weighted by molar-refractivity contribution is 5.92. The number of unbranched alkanes of at least 4 members (excludes halogenated alkanes) is 18. The van der Waals surface area contributed by atoms with Crippen molar-refractivity contribution < 1.29 is 9.53 Å². The van der Waals surface area contributed by atoms with Crippen molar-refractivity contribution in [2.75, 3.05) is 11.9 Å². The number of nitrogens with one attached hydrogen (secondary N) is 1. The number of benzene rings is 1. The molecule has 0 spiro atoms. The highest BCUT2D eigenvalue weighted by Gasteiger charge is 2.07. The Hall–Kier alpha value is -1.77. The van der Waals surface area contributed by atoms with Gasteiger partial charge in [-0.15, -0.1) is 0 Å². The van der Waals surface area contributed by atoms with E-state index in [4.69, 9.17) is 4.74 Å². The average Bonchev–Trinajstić information content (AvgIpc) is 2.85. The van der Waals surface area contributed by atoms with Gasteiger partial charge in [-0.1, -0.05) is 147 Å². The minimum Gasteiger partial charge on any atom is -0.487 e. The van der Waals surface area contributed by atoms with Gasteiger partial charge in [-0.3, -0.25) is 4.79 Å². The van der Waals surface area contributed by atoms with Crippen LogP contribution < -0.4 is 10.1 Å². The number of ether oxygens (including phenoxy) is 1. The van der Waals surface area contributed by atoms with Gasteiger partial charge in [0.05, 0.1) is 5.69 Å². The van der Waals surface area contributed by atoms with E-state index in [2.05, 4.69) is 18.8 Å². The molecule has 0 aliphatic rings. The van der Waals surface area contributed by atoms with Crippen LogP contribution in [0.2, 0.25) is 0 Å². The highest BCUT2D eigenvalue weighted by Crippen LogP contribution is 2.24. The third kappa shape index (κ3) is 17.7. The van der Waals surface area contributed by atoms with Gasteiger partial charge in [-0.25, -0.2) is 0 Å². The van der Waals surface area contributed by atoms with E-state index in [-0.39, 0.29) is 5.91 Å². The van der Waals surface area contributed by atoms with Crippen molar-refractivity contribution >= 4 is 11.6 Å². The molecule has 3 heteroatoms. The molecule has 1 amide bonds. The molecule has 0 heterocycles. The molecule has 0 saturated heterocycles. The second-order valence-electron chi connectivity index (χ2n) is 9.76. The topological polar surface area (TPSA) is 38.3 Å². The first-order chi connectivity index (χ1) is 16.8. The predicted molar refractivity (Wildman–Crippen MR) is 149 cm³/mol. The maximum Gasteiger partial charge on any atom is 0.224 e. The van der Waals surface area contributed by atoms with Gasteiger partial charge >= 0.3 is 0 Å². The summed E-state index contributed by atoms with van der Waals surface area (Å²) in [7, 11) is 0. The van der Waals surface area contributed by atoms with Gasteiger partial charge in [0.1, 0.15) is 12.4 Å². The first kappa shape index (κ1) is 30.3. The van der Waals surface area contributed by atoms with Crippen molar-refractivity contribution in [1.29, 1.82) is 0 Å². The van der Waals surface area contributed by atoms with Crippen molar-refractivity contribution in [3.05, 3.63) is 36.9 Å². The van der Waals surface area contributed by atoms with Crippen LogP contribution in [0.5, 0.6) is 5.75 Å². The molecule has 1 aromatic carbocycles. The summed E-state index contributed by atoms with van der Waals surface area (Å²) in [6, 6.07) is 7.57. The van der Waals surface area contributed by atoms with Crippen molar-refractivity contribution in [1.82, 2.24) is 0 Å². The molecule has 0 saturated carbocycles. The molecule has 0 atom stereocenters. The van der Waals surface area contributed by atoms with Crippen LogP contribution in [0.25, 0.3) is 0 Å². The molecule has 3 nitrogen and oxygen atoms in total. The van der Waals surface area contributed by atoms with Gasteiger partial charge in [0, 0.05) is 6.42 Å². The van der Waals surface area contributed by atoms with E-state index < -0.39 is 0 Å². The summed E-state index contributed by atoms with van der Waals surface area (Å²) in [4.78, 5) is 12.2. The number of para-hydroxylation sites is 2. The van der Waals surface area contributed by atoms with E-state index in [1.807, 2.05) is 24.3 Å². The minimum atomic E-state index is 0.0710. The summed E-state index contributed by atoms with van der Waals surface area (Å²) in [6.07, 6.45) is 28.2. The number of amides is 1.